The second-order valence-electron chi connectivity index (χ2n) is 7.87. The number of hydrogen-bond acceptors (Lipinski definition) is 8. The molecule has 34 heavy (non-hydrogen) atoms. The van der Waals surface area contributed by atoms with Gasteiger partial charge in [-0.3, -0.25) is 9.59 Å². The van der Waals surface area contributed by atoms with E-state index in [1.54, 1.807) is 27.3 Å². The molecule has 1 atom stereocenters. The number of likely N-dealkylation sites (N-methyl/N-ethyl adjacent to an activating group) is 1. The molecule has 0 aromatic heterocycles. The maximum Gasteiger partial charge on any atom is 0.262 e. The summed E-state index contributed by atoms with van der Waals surface area (Å²) in [5.74, 6) is 1.89. The molecule has 0 saturated carbocycles. The molecule has 0 radical (unpaired) electrons. The van der Waals surface area contributed by atoms with E-state index in [1.807, 2.05) is 30.3 Å². The van der Waals surface area contributed by atoms with E-state index in [1.165, 1.54) is 17.0 Å². The molecule has 0 saturated heterocycles. The fourth-order valence-electron chi connectivity index (χ4n) is 3.92. The van der Waals surface area contributed by atoms with Crippen LogP contribution < -0.4 is 18.9 Å². The maximum absolute atomic E-state index is 13.3. The lowest BCUT2D eigenvalue weighted by Crippen LogP contribution is -2.40. The third kappa shape index (κ3) is 4.62. The number of carbonyl (C=O) groups is 2. The first-order chi connectivity index (χ1) is 16.4. The molecule has 0 N–H and O–H groups in total. The predicted octanol–water partition coefficient (Wildman–Crippen LogP) is 2.22. The van der Waals surface area contributed by atoms with Crippen molar-refractivity contribution in [2.75, 3.05) is 48.3 Å². The minimum atomic E-state index is -0.394. The molecule has 2 aromatic carbocycles. The van der Waals surface area contributed by atoms with Crippen LogP contribution in [0.3, 0.4) is 0 Å². The first-order valence-corrected chi connectivity index (χ1v) is 10.7. The highest BCUT2D eigenvalue weighted by Crippen LogP contribution is 2.40. The second kappa shape index (κ2) is 10.0. The summed E-state index contributed by atoms with van der Waals surface area (Å²) >= 11 is 0. The normalized spacial score (nSPS) is 16.3. The molecule has 0 spiro atoms. The first kappa shape index (κ1) is 23.4. The van der Waals surface area contributed by atoms with Crippen molar-refractivity contribution in [3.05, 3.63) is 47.5 Å². The van der Waals surface area contributed by atoms with Crippen molar-refractivity contribution in [2.45, 2.75) is 12.5 Å². The van der Waals surface area contributed by atoms with Gasteiger partial charge in [0.1, 0.15) is 24.7 Å². The summed E-state index contributed by atoms with van der Waals surface area (Å²) < 4.78 is 26.7. The van der Waals surface area contributed by atoms with E-state index in [2.05, 4.69) is 5.10 Å². The highest BCUT2D eigenvalue weighted by molar-refractivity contribution is 6.05. The van der Waals surface area contributed by atoms with Gasteiger partial charge in [-0.15, -0.1) is 0 Å². The van der Waals surface area contributed by atoms with Crippen LogP contribution in [0, 0.1) is 0 Å². The molecule has 2 amide bonds. The summed E-state index contributed by atoms with van der Waals surface area (Å²) in [6, 6.07) is 10.6. The Bertz CT molecular complexity index is 1120. The largest absolute Gasteiger partial charge is 0.497 e. The van der Waals surface area contributed by atoms with E-state index in [0.29, 0.717) is 35.1 Å². The number of amides is 2. The molecule has 180 valence electrons. The van der Waals surface area contributed by atoms with Crippen molar-refractivity contribution in [2.24, 2.45) is 5.10 Å². The molecule has 0 unspecified atom stereocenters. The van der Waals surface area contributed by atoms with Gasteiger partial charge in [0.25, 0.3) is 5.91 Å². The van der Waals surface area contributed by atoms with E-state index >= 15 is 0 Å². The van der Waals surface area contributed by atoms with Crippen molar-refractivity contribution in [3.8, 4) is 23.0 Å². The molecular weight excluding hydrogens is 442 g/mol. The van der Waals surface area contributed by atoms with E-state index in [-0.39, 0.29) is 31.8 Å². The molecule has 2 heterocycles. The Balaban J connectivity index is 1.67. The summed E-state index contributed by atoms with van der Waals surface area (Å²) in [5, 5.41) is 6.09. The zero-order valence-corrected chi connectivity index (χ0v) is 19.6. The number of fused-ring (bicyclic) bond motifs is 1. The Labute approximate surface area is 197 Å². The summed E-state index contributed by atoms with van der Waals surface area (Å²) in [7, 11) is 6.14. The van der Waals surface area contributed by atoms with Crippen LogP contribution in [-0.4, -0.2) is 75.8 Å². The second-order valence-corrected chi connectivity index (χ2v) is 7.87. The predicted molar refractivity (Wildman–Crippen MR) is 122 cm³/mol. The van der Waals surface area contributed by atoms with Gasteiger partial charge in [0, 0.05) is 32.2 Å². The van der Waals surface area contributed by atoms with Crippen molar-refractivity contribution in [1.29, 1.82) is 0 Å². The fourth-order valence-corrected chi connectivity index (χ4v) is 3.92. The number of hydrazone groups is 1. The molecule has 2 aromatic rings. The van der Waals surface area contributed by atoms with Gasteiger partial charge in [0.15, 0.2) is 11.5 Å². The van der Waals surface area contributed by atoms with Gasteiger partial charge in [0.2, 0.25) is 12.7 Å². The lowest BCUT2D eigenvalue weighted by atomic mass is 9.97. The van der Waals surface area contributed by atoms with Gasteiger partial charge in [-0.2, -0.15) is 5.10 Å². The van der Waals surface area contributed by atoms with Crippen molar-refractivity contribution >= 4 is 17.5 Å². The number of carbonyl (C=O) groups excluding carboxylic acids is 2. The number of nitrogens with zero attached hydrogens (tertiary/aromatic N) is 3. The van der Waals surface area contributed by atoms with E-state index in [0.717, 1.165) is 11.1 Å². The van der Waals surface area contributed by atoms with Crippen molar-refractivity contribution < 1.29 is 33.3 Å². The van der Waals surface area contributed by atoms with Gasteiger partial charge in [0.05, 0.1) is 26.0 Å². The Morgan fingerprint density at radius 3 is 2.62 bits per heavy atom. The summed E-state index contributed by atoms with van der Waals surface area (Å²) in [4.78, 5) is 26.8. The van der Waals surface area contributed by atoms with Crippen molar-refractivity contribution in [3.63, 3.8) is 0 Å². The minimum Gasteiger partial charge on any atom is -0.497 e. The SMILES string of the molecule is COCC(=O)N(C)CC(=O)N1N=C(c2ccc(OC)cc2OC)C[C@@H]1c1ccc2c(c1)OCO2. The summed E-state index contributed by atoms with van der Waals surface area (Å²) in [6.07, 6.45) is 0.448. The molecular formula is C24H27N3O7. The Morgan fingerprint density at radius 1 is 1.09 bits per heavy atom. The van der Waals surface area contributed by atoms with Gasteiger partial charge < -0.3 is 28.6 Å². The van der Waals surface area contributed by atoms with Crippen LogP contribution in [0.15, 0.2) is 41.5 Å². The molecule has 10 nitrogen and oxygen atoms in total. The Morgan fingerprint density at radius 2 is 1.88 bits per heavy atom. The van der Waals surface area contributed by atoms with Gasteiger partial charge in [-0.25, -0.2) is 5.01 Å². The fraction of sp³-hybridized carbons (Fsp3) is 0.375. The molecule has 0 aliphatic carbocycles. The molecule has 4 rings (SSSR count). The zero-order chi connectivity index (χ0) is 24.2. The van der Waals surface area contributed by atoms with Gasteiger partial charge in [-0.1, -0.05) is 6.07 Å². The number of benzene rings is 2. The van der Waals surface area contributed by atoms with Gasteiger partial charge >= 0.3 is 0 Å². The molecule has 2 aliphatic heterocycles. The topological polar surface area (TPSA) is 99.1 Å². The van der Waals surface area contributed by atoms with Crippen LogP contribution in [-0.2, 0) is 14.3 Å². The van der Waals surface area contributed by atoms with E-state index in [9.17, 15) is 9.59 Å². The Kier molecular flexibility index (Phi) is 6.87. The number of hydrogen-bond donors (Lipinski definition) is 0. The quantitative estimate of drug-likeness (QED) is 0.585. The van der Waals surface area contributed by atoms with Crippen LogP contribution in [0.25, 0.3) is 0 Å². The zero-order valence-electron chi connectivity index (χ0n) is 19.6. The lowest BCUT2D eigenvalue weighted by molar-refractivity contribution is -0.142. The van der Waals surface area contributed by atoms with Crippen LogP contribution >= 0.6 is 0 Å². The third-order valence-electron chi connectivity index (χ3n) is 5.73. The van der Waals surface area contributed by atoms with Crippen LogP contribution in [0.1, 0.15) is 23.6 Å². The molecule has 0 bridgehead atoms. The minimum absolute atomic E-state index is 0.104. The standard InChI is InChI=1S/C24H27N3O7/c1-26(24(29)13-30-2)12-23(28)27-19(15-5-8-20-22(9-15)34-14-33-20)11-18(25-27)17-7-6-16(31-3)10-21(17)32-4/h5-10,19H,11-14H2,1-4H3/t19-/m1/s1. The van der Waals surface area contributed by atoms with Crippen molar-refractivity contribution in [1.82, 2.24) is 9.91 Å². The Hall–Kier alpha value is -3.79. The van der Waals surface area contributed by atoms with Gasteiger partial charge in [-0.05, 0) is 29.8 Å². The average Bonchev–Trinajstić information content (AvgIpc) is 3.50. The molecule has 10 heteroatoms. The van der Waals surface area contributed by atoms with E-state index in [4.69, 9.17) is 23.7 Å². The molecule has 2 aliphatic rings. The summed E-state index contributed by atoms with van der Waals surface area (Å²) in [6.45, 7) is -0.0873. The average molecular weight is 469 g/mol. The maximum atomic E-state index is 13.3. The number of methoxy groups -OCH3 is 3. The molecule has 0 fully saturated rings. The monoisotopic (exact) mass is 469 g/mol. The highest BCUT2D eigenvalue weighted by Gasteiger charge is 2.35. The van der Waals surface area contributed by atoms with Crippen LogP contribution in [0.5, 0.6) is 23.0 Å². The highest BCUT2D eigenvalue weighted by atomic mass is 16.7. The number of ether oxygens (including phenoxy) is 5. The van der Waals surface area contributed by atoms with Crippen LogP contribution in [0.4, 0.5) is 0 Å². The smallest absolute Gasteiger partial charge is 0.262 e. The van der Waals surface area contributed by atoms with Crippen LogP contribution in [0.2, 0.25) is 0 Å². The number of rotatable bonds is 8. The first-order valence-electron chi connectivity index (χ1n) is 10.7. The summed E-state index contributed by atoms with van der Waals surface area (Å²) in [5.41, 5.74) is 2.28. The van der Waals surface area contributed by atoms with E-state index < -0.39 is 6.04 Å². The lowest BCUT2D eigenvalue weighted by Gasteiger charge is -2.25. The third-order valence-corrected chi connectivity index (χ3v) is 5.73.